The molecule has 17 heavy (non-hydrogen) atoms. The van der Waals surface area contributed by atoms with Crippen LogP contribution in [0.5, 0.6) is 0 Å². The molecule has 0 aromatic heterocycles. The van der Waals surface area contributed by atoms with Crippen LogP contribution < -0.4 is 0 Å². The van der Waals surface area contributed by atoms with Gasteiger partial charge < -0.3 is 4.90 Å². The fourth-order valence-corrected chi connectivity index (χ4v) is 4.53. The molecule has 0 N–H and O–H groups in total. The molecule has 0 aliphatic carbocycles. The number of thioether (sulfide) groups is 1. The summed E-state index contributed by atoms with van der Waals surface area (Å²) in [5, 5.41) is 1.10. The highest BCUT2D eigenvalue weighted by Gasteiger charge is 2.26. The summed E-state index contributed by atoms with van der Waals surface area (Å²) in [6.07, 6.45) is 3.68. The lowest BCUT2D eigenvalue weighted by atomic mass is 10.1. The first-order valence-electron chi connectivity index (χ1n) is 6.42. The molecular weight excluding hydrogens is 250 g/mol. The van der Waals surface area contributed by atoms with E-state index in [0.717, 1.165) is 11.8 Å². The van der Waals surface area contributed by atoms with Crippen molar-refractivity contribution in [3.8, 4) is 0 Å². The van der Waals surface area contributed by atoms with Gasteiger partial charge in [0.05, 0.1) is 0 Å². The first-order valence-corrected chi connectivity index (χ1v) is 7.74. The molecule has 1 aromatic rings. The van der Waals surface area contributed by atoms with E-state index in [4.69, 9.17) is 11.6 Å². The van der Waals surface area contributed by atoms with Crippen LogP contribution in [0.1, 0.15) is 18.4 Å². The van der Waals surface area contributed by atoms with Crippen molar-refractivity contribution in [2.75, 3.05) is 19.6 Å². The van der Waals surface area contributed by atoms with Crippen molar-refractivity contribution in [1.82, 2.24) is 4.90 Å². The molecule has 2 aliphatic heterocycles. The van der Waals surface area contributed by atoms with E-state index < -0.39 is 0 Å². The average molecular weight is 268 g/mol. The molecule has 0 amide bonds. The fourth-order valence-electron chi connectivity index (χ4n) is 2.81. The van der Waals surface area contributed by atoms with Gasteiger partial charge in [0.15, 0.2) is 0 Å². The molecule has 2 atom stereocenters. The zero-order valence-electron chi connectivity index (χ0n) is 9.94. The van der Waals surface area contributed by atoms with Crippen LogP contribution in [0.15, 0.2) is 29.2 Å². The minimum atomic E-state index is 0.373. The number of hydrogen-bond donors (Lipinski definition) is 0. The summed E-state index contributed by atoms with van der Waals surface area (Å²) in [5.74, 6) is 0. The highest BCUT2D eigenvalue weighted by Crippen LogP contribution is 2.37. The Hall–Kier alpha value is -0.180. The van der Waals surface area contributed by atoms with Crippen molar-refractivity contribution in [3.05, 3.63) is 29.8 Å². The van der Waals surface area contributed by atoms with E-state index in [1.807, 2.05) is 11.8 Å². The van der Waals surface area contributed by atoms with Gasteiger partial charge in [-0.05, 0) is 37.4 Å². The van der Waals surface area contributed by atoms with E-state index in [1.54, 1.807) is 0 Å². The minimum absolute atomic E-state index is 0.373. The molecule has 2 heterocycles. The van der Waals surface area contributed by atoms with Gasteiger partial charge in [0.1, 0.15) is 0 Å². The third kappa shape index (κ3) is 2.81. The Morgan fingerprint density at radius 2 is 2.24 bits per heavy atom. The van der Waals surface area contributed by atoms with Crippen molar-refractivity contribution < 1.29 is 0 Å². The monoisotopic (exact) mass is 267 g/mol. The van der Waals surface area contributed by atoms with Crippen molar-refractivity contribution in [3.63, 3.8) is 0 Å². The molecule has 1 fully saturated rings. The number of nitrogens with zero attached hydrogens (tertiary/aromatic N) is 1. The van der Waals surface area contributed by atoms with E-state index in [2.05, 4.69) is 29.2 Å². The molecule has 0 spiro atoms. The van der Waals surface area contributed by atoms with Gasteiger partial charge in [-0.1, -0.05) is 18.2 Å². The fraction of sp³-hybridized carbons (Fsp3) is 0.571. The van der Waals surface area contributed by atoms with Crippen molar-refractivity contribution in [1.29, 1.82) is 0 Å². The van der Waals surface area contributed by atoms with E-state index >= 15 is 0 Å². The molecule has 0 saturated carbocycles. The Balaban J connectivity index is 1.58. The number of benzene rings is 1. The summed E-state index contributed by atoms with van der Waals surface area (Å²) in [5.41, 5.74) is 1.53. The third-order valence-electron chi connectivity index (χ3n) is 3.62. The standard InChI is InChI=1S/C14H18ClNS/c15-12-5-3-7-16(9-12)10-13-8-11-4-1-2-6-14(11)17-13/h1-2,4,6,12-13H,3,5,7-10H2. The highest BCUT2D eigenvalue weighted by molar-refractivity contribution is 8.00. The largest absolute Gasteiger partial charge is 0.301 e. The maximum Gasteiger partial charge on any atom is 0.0463 e. The van der Waals surface area contributed by atoms with Gasteiger partial charge in [-0.2, -0.15) is 0 Å². The van der Waals surface area contributed by atoms with Gasteiger partial charge in [0.25, 0.3) is 0 Å². The number of fused-ring (bicyclic) bond motifs is 1. The molecule has 1 aromatic carbocycles. The predicted molar refractivity (Wildman–Crippen MR) is 75.1 cm³/mol. The Bertz CT molecular complexity index is 371. The van der Waals surface area contributed by atoms with Gasteiger partial charge in [0.2, 0.25) is 0 Å². The van der Waals surface area contributed by atoms with Gasteiger partial charge in [0, 0.05) is 28.6 Å². The summed E-state index contributed by atoms with van der Waals surface area (Å²) in [6.45, 7) is 3.51. The number of likely N-dealkylation sites (tertiary alicyclic amines) is 1. The van der Waals surface area contributed by atoms with Gasteiger partial charge in [-0.15, -0.1) is 23.4 Å². The van der Waals surface area contributed by atoms with Crippen LogP contribution in [0, 0.1) is 0 Å². The highest BCUT2D eigenvalue weighted by atomic mass is 35.5. The zero-order chi connectivity index (χ0) is 11.7. The van der Waals surface area contributed by atoms with Crippen LogP contribution >= 0.6 is 23.4 Å². The van der Waals surface area contributed by atoms with Crippen molar-refractivity contribution >= 4 is 23.4 Å². The number of rotatable bonds is 2. The SMILES string of the molecule is ClC1CCCN(CC2Cc3ccccc3S2)C1. The van der Waals surface area contributed by atoms with Gasteiger partial charge in [-0.25, -0.2) is 0 Å². The molecule has 92 valence electrons. The van der Waals surface area contributed by atoms with E-state index in [9.17, 15) is 0 Å². The second-order valence-electron chi connectivity index (χ2n) is 5.05. The average Bonchev–Trinajstić information content (AvgIpc) is 2.71. The Morgan fingerprint density at radius 3 is 3.06 bits per heavy atom. The summed E-state index contributed by atoms with van der Waals surface area (Å²) in [6, 6.07) is 8.81. The lowest BCUT2D eigenvalue weighted by Crippen LogP contribution is -2.39. The topological polar surface area (TPSA) is 3.24 Å². The number of alkyl halides is 1. The Kier molecular flexibility index (Phi) is 3.64. The second kappa shape index (κ2) is 5.21. The predicted octanol–water partition coefficient (Wildman–Crippen LogP) is 3.41. The number of halogens is 1. The Morgan fingerprint density at radius 1 is 1.35 bits per heavy atom. The van der Waals surface area contributed by atoms with Crippen LogP contribution in [0.3, 0.4) is 0 Å². The quantitative estimate of drug-likeness (QED) is 0.756. The molecule has 0 bridgehead atoms. The normalized spacial score (nSPS) is 29.2. The lowest BCUT2D eigenvalue weighted by Gasteiger charge is -2.31. The van der Waals surface area contributed by atoms with Crippen LogP contribution in [0.2, 0.25) is 0 Å². The molecule has 1 saturated heterocycles. The maximum absolute atomic E-state index is 6.24. The number of piperidine rings is 1. The minimum Gasteiger partial charge on any atom is -0.301 e. The van der Waals surface area contributed by atoms with Crippen molar-refractivity contribution in [2.45, 2.75) is 34.8 Å². The molecule has 3 heteroatoms. The summed E-state index contributed by atoms with van der Waals surface area (Å²) >= 11 is 8.28. The summed E-state index contributed by atoms with van der Waals surface area (Å²) < 4.78 is 0. The van der Waals surface area contributed by atoms with E-state index in [1.165, 1.54) is 42.8 Å². The molecule has 3 rings (SSSR count). The number of hydrogen-bond acceptors (Lipinski definition) is 2. The lowest BCUT2D eigenvalue weighted by molar-refractivity contribution is 0.233. The first-order chi connectivity index (χ1) is 8.31. The molecular formula is C14H18ClNS. The van der Waals surface area contributed by atoms with Gasteiger partial charge >= 0.3 is 0 Å². The van der Waals surface area contributed by atoms with Crippen LogP contribution in [-0.4, -0.2) is 35.2 Å². The molecule has 2 aliphatic rings. The van der Waals surface area contributed by atoms with Gasteiger partial charge in [-0.3, -0.25) is 0 Å². The molecule has 1 nitrogen and oxygen atoms in total. The summed E-state index contributed by atoms with van der Waals surface area (Å²) in [7, 11) is 0. The second-order valence-corrected chi connectivity index (χ2v) is 7.01. The first kappa shape index (κ1) is 11.9. The Labute approximate surface area is 113 Å². The maximum atomic E-state index is 6.24. The molecule has 2 unspecified atom stereocenters. The third-order valence-corrected chi connectivity index (χ3v) is 5.28. The van der Waals surface area contributed by atoms with E-state index in [0.29, 0.717) is 5.38 Å². The summed E-state index contributed by atoms with van der Waals surface area (Å²) in [4.78, 5) is 4.03. The van der Waals surface area contributed by atoms with Crippen LogP contribution in [-0.2, 0) is 6.42 Å². The van der Waals surface area contributed by atoms with E-state index in [-0.39, 0.29) is 0 Å². The smallest absolute Gasteiger partial charge is 0.0463 e. The van der Waals surface area contributed by atoms with Crippen LogP contribution in [0.25, 0.3) is 0 Å². The molecule has 0 radical (unpaired) electrons. The van der Waals surface area contributed by atoms with Crippen molar-refractivity contribution in [2.24, 2.45) is 0 Å². The van der Waals surface area contributed by atoms with Crippen LogP contribution in [0.4, 0.5) is 0 Å². The zero-order valence-corrected chi connectivity index (χ0v) is 11.5.